The predicted octanol–water partition coefficient (Wildman–Crippen LogP) is 3.36. The standard InChI is InChI=1S/C27H32FN3O5S/c28-24-9-11-26(12-10-24)37(33,34)31(14-5-13-29-15-18-35-19-16-29)22-27(32)30(21-25-8-4-17-36-25)20-23-6-2-1-3-7-23/h1-4,6-12,17H,5,13-16,18-22H2. The minimum absolute atomic E-state index is 0.0475. The Bertz CT molecular complexity index is 1210. The molecule has 0 spiro atoms. The van der Waals surface area contributed by atoms with Crippen molar-refractivity contribution in [1.29, 1.82) is 0 Å². The van der Waals surface area contributed by atoms with E-state index in [1.54, 1.807) is 17.0 Å². The molecule has 8 nitrogen and oxygen atoms in total. The topological polar surface area (TPSA) is 83.3 Å². The maximum atomic E-state index is 13.6. The van der Waals surface area contributed by atoms with Gasteiger partial charge >= 0.3 is 0 Å². The Labute approximate surface area is 217 Å². The van der Waals surface area contributed by atoms with Gasteiger partial charge in [0.25, 0.3) is 0 Å². The lowest BCUT2D eigenvalue weighted by Crippen LogP contribution is -2.44. The van der Waals surface area contributed by atoms with Crippen LogP contribution in [-0.2, 0) is 32.6 Å². The van der Waals surface area contributed by atoms with Crippen LogP contribution in [0.2, 0.25) is 0 Å². The van der Waals surface area contributed by atoms with Gasteiger partial charge in [-0.15, -0.1) is 0 Å². The molecular formula is C27H32FN3O5S. The van der Waals surface area contributed by atoms with Gasteiger partial charge in [0.15, 0.2) is 0 Å². The van der Waals surface area contributed by atoms with Crippen LogP contribution in [-0.4, -0.2) is 74.4 Å². The molecule has 0 atom stereocenters. The summed E-state index contributed by atoms with van der Waals surface area (Å²) in [5.41, 5.74) is 0.919. The highest BCUT2D eigenvalue weighted by Crippen LogP contribution is 2.19. The fraction of sp³-hybridized carbons (Fsp3) is 0.370. The van der Waals surface area contributed by atoms with E-state index < -0.39 is 15.8 Å². The number of hydrogen-bond donors (Lipinski definition) is 0. The van der Waals surface area contributed by atoms with E-state index in [2.05, 4.69) is 4.90 Å². The first-order valence-electron chi connectivity index (χ1n) is 12.3. The first kappa shape index (κ1) is 27.0. The van der Waals surface area contributed by atoms with Gasteiger partial charge in [-0.25, -0.2) is 12.8 Å². The molecule has 1 fully saturated rings. The van der Waals surface area contributed by atoms with Gasteiger partial charge in [-0.05, 0) is 54.9 Å². The number of furan rings is 1. The van der Waals surface area contributed by atoms with Crippen molar-refractivity contribution in [3.63, 3.8) is 0 Å². The molecule has 2 heterocycles. The van der Waals surface area contributed by atoms with E-state index in [0.717, 1.165) is 30.8 Å². The molecular weight excluding hydrogens is 497 g/mol. The second-order valence-corrected chi connectivity index (χ2v) is 10.9. The number of carbonyl (C=O) groups is 1. The highest BCUT2D eigenvalue weighted by atomic mass is 32.2. The number of ether oxygens (including phenoxy) is 1. The Morgan fingerprint density at radius 3 is 2.35 bits per heavy atom. The van der Waals surface area contributed by atoms with Crippen LogP contribution in [0.3, 0.4) is 0 Å². The number of rotatable bonds is 12. The minimum Gasteiger partial charge on any atom is -0.467 e. The minimum atomic E-state index is -4.03. The Hall–Kier alpha value is -3.05. The summed E-state index contributed by atoms with van der Waals surface area (Å²) < 4.78 is 52.6. The van der Waals surface area contributed by atoms with E-state index in [1.165, 1.54) is 22.7 Å². The van der Waals surface area contributed by atoms with Gasteiger partial charge in [0.05, 0.1) is 37.5 Å². The van der Waals surface area contributed by atoms with E-state index in [-0.39, 0.29) is 30.4 Å². The van der Waals surface area contributed by atoms with Crippen molar-refractivity contribution < 1.29 is 26.8 Å². The molecule has 1 amide bonds. The lowest BCUT2D eigenvalue weighted by atomic mass is 10.2. The molecule has 2 aromatic carbocycles. The van der Waals surface area contributed by atoms with Crippen molar-refractivity contribution in [3.8, 4) is 0 Å². The van der Waals surface area contributed by atoms with Crippen LogP contribution in [0.25, 0.3) is 0 Å². The Kier molecular flexibility index (Phi) is 9.45. The van der Waals surface area contributed by atoms with Gasteiger partial charge in [0.2, 0.25) is 15.9 Å². The zero-order valence-corrected chi connectivity index (χ0v) is 21.5. The van der Waals surface area contributed by atoms with Crippen molar-refractivity contribution in [2.24, 2.45) is 0 Å². The lowest BCUT2D eigenvalue weighted by Gasteiger charge is -2.29. The number of morpholine rings is 1. The molecule has 198 valence electrons. The van der Waals surface area contributed by atoms with Gasteiger partial charge in [-0.2, -0.15) is 4.31 Å². The molecule has 0 unspecified atom stereocenters. The fourth-order valence-electron chi connectivity index (χ4n) is 4.21. The SMILES string of the molecule is O=C(CN(CCCN1CCOCC1)S(=O)(=O)c1ccc(F)cc1)N(Cc1ccccc1)Cc1ccco1. The second kappa shape index (κ2) is 13.0. The summed E-state index contributed by atoms with van der Waals surface area (Å²) in [6, 6.07) is 17.7. The third-order valence-corrected chi connectivity index (χ3v) is 8.10. The van der Waals surface area contributed by atoms with Crippen molar-refractivity contribution in [2.75, 3.05) is 45.9 Å². The molecule has 1 aliphatic rings. The van der Waals surface area contributed by atoms with Gasteiger partial charge in [0, 0.05) is 26.2 Å². The number of hydrogen-bond acceptors (Lipinski definition) is 6. The molecule has 10 heteroatoms. The lowest BCUT2D eigenvalue weighted by molar-refractivity contribution is -0.133. The van der Waals surface area contributed by atoms with Crippen LogP contribution in [0.5, 0.6) is 0 Å². The smallest absolute Gasteiger partial charge is 0.243 e. The maximum absolute atomic E-state index is 13.6. The van der Waals surface area contributed by atoms with E-state index in [4.69, 9.17) is 9.15 Å². The van der Waals surface area contributed by atoms with Crippen LogP contribution in [0.1, 0.15) is 17.7 Å². The third-order valence-electron chi connectivity index (χ3n) is 6.24. The molecule has 0 saturated carbocycles. The number of nitrogens with zero attached hydrogens (tertiary/aromatic N) is 3. The molecule has 1 saturated heterocycles. The molecule has 4 rings (SSSR count). The first-order chi connectivity index (χ1) is 17.9. The summed E-state index contributed by atoms with van der Waals surface area (Å²) in [7, 11) is -4.03. The van der Waals surface area contributed by atoms with Crippen molar-refractivity contribution in [3.05, 3.63) is 90.1 Å². The van der Waals surface area contributed by atoms with Crippen LogP contribution < -0.4 is 0 Å². The van der Waals surface area contributed by atoms with Crippen LogP contribution in [0.4, 0.5) is 4.39 Å². The Morgan fingerprint density at radius 1 is 0.946 bits per heavy atom. The van der Waals surface area contributed by atoms with E-state index in [1.807, 2.05) is 30.3 Å². The zero-order chi connectivity index (χ0) is 26.1. The van der Waals surface area contributed by atoms with Gasteiger partial charge in [-0.1, -0.05) is 30.3 Å². The Balaban J connectivity index is 1.53. The van der Waals surface area contributed by atoms with Gasteiger partial charge in [0.1, 0.15) is 11.6 Å². The molecule has 0 aliphatic carbocycles. The summed E-state index contributed by atoms with van der Waals surface area (Å²) in [5, 5.41) is 0. The number of amides is 1. The van der Waals surface area contributed by atoms with Crippen molar-refractivity contribution in [1.82, 2.24) is 14.1 Å². The second-order valence-electron chi connectivity index (χ2n) is 8.91. The molecule has 1 aromatic heterocycles. The number of benzene rings is 2. The molecule has 37 heavy (non-hydrogen) atoms. The number of carbonyl (C=O) groups excluding carboxylic acids is 1. The van der Waals surface area contributed by atoms with E-state index in [0.29, 0.717) is 38.5 Å². The molecule has 1 aliphatic heterocycles. The number of sulfonamides is 1. The average Bonchev–Trinajstić information content (AvgIpc) is 3.42. The number of halogens is 1. The molecule has 3 aromatic rings. The predicted molar refractivity (Wildman–Crippen MR) is 136 cm³/mol. The summed E-state index contributed by atoms with van der Waals surface area (Å²) in [4.78, 5) is 17.3. The molecule has 0 radical (unpaired) electrons. The fourth-order valence-corrected chi connectivity index (χ4v) is 5.64. The van der Waals surface area contributed by atoms with Crippen molar-refractivity contribution in [2.45, 2.75) is 24.4 Å². The Morgan fingerprint density at radius 2 is 1.68 bits per heavy atom. The maximum Gasteiger partial charge on any atom is 0.243 e. The van der Waals surface area contributed by atoms with E-state index >= 15 is 0 Å². The molecule has 0 N–H and O–H groups in total. The van der Waals surface area contributed by atoms with Crippen LogP contribution in [0.15, 0.2) is 82.3 Å². The van der Waals surface area contributed by atoms with Gasteiger partial charge in [-0.3, -0.25) is 9.69 Å². The average molecular weight is 530 g/mol. The molecule has 0 bridgehead atoms. The van der Waals surface area contributed by atoms with Gasteiger partial charge < -0.3 is 14.1 Å². The largest absolute Gasteiger partial charge is 0.467 e. The van der Waals surface area contributed by atoms with Crippen LogP contribution >= 0.6 is 0 Å². The highest BCUT2D eigenvalue weighted by Gasteiger charge is 2.29. The van der Waals surface area contributed by atoms with Crippen molar-refractivity contribution >= 4 is 15.9 Å². The van der Waals surface area contributed by atoms with Crippen LogP contribution in [0, 0.1) is 5.82 Å². The summed E-state index contributed by atoms with van der Waals surface area (Å²) >= 11 is 0. The summed E-state index contributed by atoms with van der Waals surface area (Å²) in [6.45, 7) is 3.90. The highest BCUT2D eigenvalue weighted by molar-refractivity contribution is 7.89. The quantitative estimate of drug-likeness (QED) is 0.358. The normalized spacial score (nSPS) is 14.6. The van der Waals surface area contributed by atoms with E-state index in [9.17, 15) is 17.6 Å². The summed E-state index contributed by atoms with van der Waals surface area (Å²) in [5.74, 6) is -0.275. The third kappa shape index (κ3) is 7.72. The first-order valence-corrected chi connectivity index (χ1v) is 13.8. The summed E-state index contributed by atoms with van der Waals surface area (Å²) in [6.07, 6.45) is 2.09. The zero-order valence-electron chi connectivity index (χ0n) is 20.7. The monoisotopic (exact) mass is 529 g/mol.